The fraction of sp³-hybridized carbons (Fsp3) is 0.438. The van der Waals surface area contributed by atoms with E-state index >= 15 is 0 Å². The van der Waals surface area contributed by atoms with Gasteiger partial charge < -0.3 is 10.2 Å². The summed E-state index contributed by atoms with van der Waals surface area (Å²) < 4.78 is 0. The first-order valence-electron chi connectivity index (χ1n) is 6.91. The highest BCUT2D eigenvalue weighted by molar-refractivity contribution is 5.81. The average molecular weight is 257 g/mol. The van der Waals surface area contributed by atoms with Gasteiger partial charge in [0.2, 0.25) is 0 Å². The average Bonchev–Trinajstić information content (AvgIpc) is 2.39. The number of pyridine rings is 1. The summed E-state index contributed by atoms with van der Waals surface area (Å²) in [5.41, 5.74) is 2.42. The van der Waals surface area contributed by atoms with Crippen molar-refractivity contribution in [2.75, 3.05) is 20.1 Å². The highest BCUT2D eigenvalue weighted by Gasteiger charge is 2.05. The zero-order valence-corrected chi connectivity index (χ0v) is 12.1. The predicted molar refractivity (Wildman–Crippen MR) is 81.2 cm³/mol. The van der Waals surface area contributed by atoms with E-state index in [0.717, 1.165) is 25.2 Å². The molecule has 3 heteroatoms. The lowest BCUT2D eigenvalue weighted by Gasteiger charge is -2.18. The molecule has 0 saturated heterocycles. The van der Waals surface area contributed by atoms with Crippen LogP contribution in [0.2, 0.25) is 0 Å². The molecule has 2 rings (SSSR count). The summed E-state index contributed by atoms with van der Waals surface area (Å²) in [6, 6.07) is 11.1. The molecule has 0 saturated carbocycles. The quantitative estimate of drug-likeness (QED) is 0.862. The number of likely N-dealkylation sites (N-methyl/N-ethyl adjacent to an activating group) is 1. The van der Waals surface area contributed by atoms with E-state index in [0.29, 0.717) is 6.04 Å². The van der Waals surface area contributed by atoms with E-state index in [1.807, 2.05) is 12.3 Å². The normalized spacial score (nSPS) is 11.6. The van der Waals surface area contributed by atoms with Crippen LogP contribution in [0, 0.1) is 0 Å². The van der Waals surface area contributed by atoms with Crippen LogP contribution < -0.4 is 5.32 Å². The van der Waals surface area contributed by atoms with Crippen molar-refractivity contribution in [3.05, 3.63) is 42.1 Å². The molecule has 0 bridgehead atoms. The Bertz CT molecular complexity index is 517. The van der Waals surface area contributed by atoms with E-state index in [9.17, 15) is 0 Å². The SMILES string of the molecule is CC(C)NCCN(C)Cc1cccc2cccnc12. The highest BCUT2D eigenvalue weighted by atomic mass is 15.1. The molecule has 0 atom stereocenters. The summed E-state index contributed by atoms with van der Waals surface area (Å²) in [6.45, 7) is 7.35. The fourth-order valence-corrected chi connectivity index (χ4v) is 2.21. The molecular formula is C16H23N3. The van der Waals surface area contributed by atoms with E-state index < -0.39 is 0 Å². The Kier molecular flexibility index (Phi) is 4.88. The van der Waals surface area contributed by atoms with Crippen LogP contribution in [-0.2, 0) is 6.54 Å². The molecular weight excluding hydrogens is 234 g/mol. The van der Waals surface area contributed by atoms with Gasteiger partial charge in [-0.05, 0) is 18.7 Å². The van der Waals surface area contributed by atoms with Crippen LogP contribution in [0.1, 0.15) is 19.4 Å². The lowest BCUT2D eigenvalue weighted by molar-refractivity contribution is 0.321. The highest BCUT2D eigenvalue weighted by Crippen LogP contribution is 2.16. The Balaban J connectivity index is 2.00. The molecule has 2 aromatic rings. The maximum Gasteiger partial charge on any atom is 0.0746 e. The first-order chi connectivity index (χ1) is 9.16. The summed E-state index contributed by atoms with van der Waals surface area (Å²) in [4.78, 5) is 6.83. The number of nitrogens with one attached hydrogen (secondary N) is 1. The van der Waals surface area contributed by atoms with Crippen molar-refractivity contribution in [1.29, 1.82) is 0 Å². The van der Waals surface area contributed by atoms with Crippen LogP contribution in [0.25, 0.3) is 10.9 Å². The minimum Gasteiger partial charge on any atom is -0.313 e. The van der Waals surface area contributed by atoms with Crippen LogP contribution in [0.5, 0.6) is 0 Å². The minimum atomic E-state index is 0.549. The third-order valence-corrected chi connectivity index (χ3v) is 3.20. The Morgan fingerprint density at radius 3 is 2.79 bits per heavy atom. The third-order valence-electron chi connectivity index (χ3n) is 3.20. The van der Waals surface area contributed by atoms with Gasteiger partial charge >= 0.3 is 0 Å². The standard InChI is InChI=1S/C16H23N3/c1-13(2)17-10-11-19(3)12-15-7-4-6-14-8-5-9-18-16(14)15/h4-9,13,17H,10-12H2,1-3H3. The molecule has 0 aliphatic heterocycles. The van der Waals surface area contributed by atoms with Gasteiger partial charge in [0.25, 0.3) is 0 Å². The van der Waals surface area contributed by atoms with Gasteiger partial charge in [-0.1, -0.05) is 38.1 Å². The van der Waals surface area contributed by atoms with Gasteiger partial charge in [-0.15, -0.1) is 0 Å². The topological polar surface area (TPSA) is 28.2 Å². The van der Waals surface area contributed by atoms with Crippen molar-refractivity contribution in [3.63, 3.8) is 0 Å². The monoisotopic (exact) mass is 257 g/mol. The number of rotatable bonds is 6. The first-order valence-corrected chi connectivity index (χ1v) is 6.91. The number of aromatic nitrogens is 1. The largest absolute Gasteiger partial charge is 0.313 e. The van der Waals surface area contributed by atoms with E-state index in [2.05, 4.69) is 60.4 Å². The molecule has 0 radical (unpaired) electrons. The number of hydrogen-bond donors (Lipinski definition) is 1. The maximum absolute atomic E-state index is 4.50. The second-order valence-electron chi connectivity index (χ2n) is 5.34. The molecule has 0 amide bonds. The lowest BCUT2D eigenvalue weighted by Crippen LogP contribution is -2.32. The van der Waals surface area contributed by atoms with Gasteiger partial charge in [-0.3, -0.25) is 4.98 Å². The van der Waals surface area contributed by atoms with Crippen LogP contribution in [-0.4, -0.2) is 36.1 Å². The number of nitrogens with zero attached hydrogens (tertiary/aromatic N) is 2. The van der Waals surface area contributed by atoms with Crippen molar-refractivity contribution in [2.45, 2.75) is 26.4 Å². The van der Waals surface area contributed by atoms with Crippen molar-refractivity contribution in [1.82, 2.24) is 15.2 Å². The molecule has 1 heterocycles. The number of para-hydroxylation sites is 1. The molecule has 0 aliphatic rings. The maximum atomic E-state index is 4.50. The Labute approximate surface area is 115 Å². The smallest absolute Gasteiger partial charge is 0.0746 e. The number of fused-ring (bicyclic) bond motifs is 1. The van der Waals surface area contributed by atoms with Gasteiger partial charge in [-0.25, -0.2) is 0 Å². The zero-order chi connectivity index (χ0) is 13.7. The number of hydrogen-bond acceptors (Lipinski definition) is 3. The summed E-state index contributed by atoms with van der Waals surface area (Å²) in [7, 11) is 2.16. The Hall–Kier alpha value is -1.45. The van der Waals surface area contributed by atoms with Crippen molar-refractivity contribution in [3.8, 4) is 0 Å². The predicted octanol–water partition coefficient (Wildman–Crippen LogP) is 2.66. The van der Waals surface area contributed by atoms with Crippen molar-refractivity contribution >= 4 is 10.9 Å². The molecule has 102 valence electrons. The summed E-state index contributed by atoms with van der Waals surface area (Å²) in [5, 5.41) is 4.66. The van der Waals surface area contributed by atoms with Gasteiger partial charge in [0, 0.05) is 37.3 Å². The van der Waals surface area contributed by atoms with Gasteiger partial charge in [0.05, 0.1) is 5.52 Å². The molecule has 0 fully saturated rings. The summed E-state index contributed by atoms with van der Waals surface area (Å²) >= 11 is 0. The van der Waals surface area contributed by atoms with E-state index in [1.54, 1.807) is 0 Å². The first kappa shape index (κ1) is 14.0. The van der Waals surface area contributed by atoms with Gasteiger partial charge in [-0.2, -0.15) is 0 Å². The van der Waals surface area contributed by atoms with Crippen molar-refractivity contribution < 1.29 is 0 Å². The minimum absolute atomic E-state index is 0.549. The molecule has 1 aromatic heterocycles. The Morgan fingerprint density at radius 1 is 1.21 bits per heavy atom. The van der Waals surface area contributed by atoms with Crippen LogP contribution in [0.15, 0.2) is 36.5 Å². The van der Waals surface area contributed by atoms with E-state index in [-0.39, 0.29) is 0 Å². The third kappa shape index (κ3) is 4.01. The number of benzene rings is 1. The van der Waals surface area contributed by atoms with Crippen molar-refractivity contribution in [2.24, 2.45) is 0 Å². The van der Waals surface area contributed by atoms with Gasteiger partial charge in [0.1, 0.15) is 0 Å². The van der Waals surface area contributed by atoms with E-state index in [4.69, 9.17) is 0 Å². The fourth-order valence-electron chi connectivity index (χ4n) is 2.21. The molecule has 0 spiro atoms. The molecule has 0 unspecified atom stereocenters. The molecule has 0 aliphatic carbocycles. The van der Waals surface area contributed by atoms with Crippen LogP contribution in [0.3, 0.4) is 0 Å². The second-order valence-corrected chi connectivity index (χ2v) is 5.34. The zero-order valence-electron chi connectivity index (χ0n) is 12.1. The van der Waals surface area contributed by atoms with Gasteiger partial charge in [0.15, 0.2) is 0 Å². The molecule has 1 N–H and O–H groups in total. The van der Waals surface area contributed by atoms with E-state index in [1.165, 1.54) is 10.9 Å². The van der Waals surface area contributed by atoms with Crippen LogP contribution >= 0.6 is 0 Å². The lowest BCUT2D eigenvalue weighted by atomic mass is 10.1. The summed E-state index contributed by atoms with van der Waals surface area (Å²) in [5.74, 6) is 0. The molecule has 3 nitrogen and oxygen atoms in total. The molecule has 19 heavy (non-hydrogen) atoms. The van der Waals surface area contributed by atoms with Crippen LogP contribution in [0.4, 0.5) is 0 Å². The second kappa shape index (κ2) is 6.64. The Morgan fingerprint density at radius 2 is 2.00 bits per heavy atom. The summed E-state index contributed by atoms with van der Waals surface area (Å²) in [6.07, 6.45) is 1.87. The molecule has 1 aromatic carbocycles.